The van der Waals surface area contributed by atoms with E-state index in [0.717, 1.165) is 38.5 Å². The average Bonchev–Trinajstić information content (AvgIpc) is 3.13. The summed E-state index contributed by atoms with van der Waals surface area (Å²) in [7, 11) is 0. The van der Waals surface area contributed by atoms with E-state index in [2.05, 4.69) is 10.6 Å². The molecular formula is C18H30ClN3O4. The second kappa shape index (κ2) is 8.57. The normalized spacial score (nSPS) is 30.1. The smallest absolute Gasteiger partial charge is 0.321 e. The van der Waals surface area contributed by atoms with Crippen molar-refractivity contribution in [3.8, 4) is 0 Å². The first-order valence-electron chi connectivity index (χ1n) is 9.51. The molecule has 8 heteroatoms. The van der Waals surface area contributed by atoms with Crippen molar-refractivity contribution in [2.45, 2.75) is 70.4 Å². The first-order valence-corrected chi connectivity index (χ1v) is 9.51. The summed E-state index contributed by atoms with van der Waals surface area (Å²) in [4.78, 5) is 38.1. The van der Waals surface area contributed by atoms with Gasteiger partial charge >= 0.3 is 12.0 Å². The molecule has 3 fully saturated rings. The van der Waals surface area contributed by atoms with Gasteiger partial charge in [-0.15, -0.1) is 12.4 Å². The van der Waals surface area contributed by atoms with Crippen molar-refractivity contribution in [1.82, 2.24) is 15.5 Å². The van der Waals surface area contributed by atoms with Crippen molar-refractivity contribution in [2.24, 2.45) is 11.3 Å². The molecule has 2 saturated carbocycles. The summed E-state index contributed by atoms with van der Waals surface area (Å²) in [5.41, 5.74) is -0.709. The van der Waals surface area contributed by atoms with Gasteiger partial charge in [0.1, 0.15) is 0 Å². The van der Waals surface area contributed by atoms with Crippen LogP contribution in [0.2, 0.25) is 0 Å². The number of carbonyl (C=O) groups is 3. The molecule has 1 unspecified atom stereocenters. The minimum absolute atomic E-state index is 0. The van der Waals surface area contributed by atoms with Crippen LogP contribution in [0, 0.1) is 11.3 Å². The zero-order valence-electron chi connectivity index (χ0n) is 15.3. The molecule has 0 radical (unpaired) electrons. The molecule has 0 bridgehead atoms. The van der Waals surface area contributed by atoms with Crippen LogP contribution in [0.4, 0.5) is 4.79 Å². The number of hydrogen-bond acceptors (Lipinski definition) is 4. The number of nitrogens with one attached hydrogen (secondary N) is 2. The average molecular weight is 388 g/mol. The minimum atomic E-state index is -0.750. The molecule has 0 aromatic heterocycles. The first-order chi connectivity index (χ1) is 11.9. The quantitative estimate of drug-likeness (QED) is 0.686. The van der Waals surface area contributed by atoms with Gasteiger partial charge in [-0.25, -0.2) is 4.79 Å². The van der Waals surface area contributed by atoms with E-state index >= 15 is 0 Å². The molecule has 3 rings (SSSR count). The number of fused-ring (bicyclic) bond motifs is 1. The molecule has 3 atom stereocenters. The van der Waals surface area contributed by atoms with Gasteiger partial charge in [-0.1, -0.05) is 25.7 Å². The van der Waals surface area contributed by atoms with Crippen LogP contribution in [0.3, 0.4) is 0 Å². The van der Waals surface area contributed by atoms with Crippen molar-refractivity contribution in [2.75, 3.05) is 13.1 Å². The molecule has 1 aliphatic heterocycles. The van der Waals surface area contributed by atoms with Crippen LogP contribution in [0.5, 0.6) is 0 Å². The molecule has 3 aliphatic rings. The van der Waals surface area contributed by atoms with Crippen molar-refractivity contribution in [3.05, 3.63) is 0 Å². The lowest BCUT2D eigenvalue weighted by atomic mass is 9.81. The Morgan fingerprint density at radius 2 is 1.81 bits per heavy atom. The zero-order valence-corrected chi connectivity index (χ0v) is 16.1. The second-order valence-corrected chi connectivity index (χ2v) is 7.95. The van der Waals surface area contributed by atoms with Gasteiger partial charge in [0.2, 0.25) is 5.91 Å². The topological polar surface area (TPSA) is 98.7 Å². The molecule has 2 aliphatic carbocycles. The number of carboxylic acids is 1. The molecule has 148 valence electrons. The highest BCUT2D eigenvalue weighted by atomic mass is 35.5. The largest absolute Gasteiger partial charge is 0.481 e. The van der Waals surface area contributed by atoms with Crippen molar-refractivity contribution < 1.29 is 19.5 Å². The van der Waals surface area contributed by atoms with Crippen molar-refractivity contribution in [3.63, 3.8) is 0 Å². The monoisotopic (exact) mass is 387 g/mol. The van der Waals surface area contributed by atoms with Gasteiger partial charge in [-0.3, -0.25) is 19.8 Å². The van der Waals surface area contributed by atoms with Gasteiger partial charge < -0.3 is 10.4 Å². The maximum Gasteiger partial charge on any atom is 0.321 e. The van der Waals surface area contributed by atoms with Crippen LogP contribution in [0.25, 0.3) is 0 Å². The van der Waals surface area contributed by atoms with Crippen molar-refractivity contribution >= 4 is 30.3 Å². The Balaban J connectivity index is 0.00000243. The number of urea groups is 1. The lowest BCUT2D eigenvalue weighted by molar-refractivity contribution is -0.149. The Kier molecular flexibility index (Phi) is 6.91. The Bertz CT molecular complexity index is 553. The fraction of sp³-hybridized carbons (Fsp3) is 0.833. The highest BCUT2D eigenvalue weighted by molar-refractivity contribution is 5.97. The Hall–Kier alpha value is -1.34. The van der Waals surface area contributed by atoms with Crippen LogP contribution >= 0.6 is 12.4 Å². The second-order valence-electron chi connectivity index (χ2n) is 7.95. The van der Waals surface area contributed by atoms with Crippen molar-refractivity contribution in [1.29, 1.82) is 0 Å². The predicted octanol–water partition coefficient (Wildman–Crippen LogP) is 2.14. The number of aliphatic carboxylic acids is 1. The summed E-state index contributed by atoms with van der Waals surface area (Å²) in [5, 5.41) is 15.0. The minimum Gasteiger partial charge on any atom is -0.481 e. The van der Waals surface area contributed by atoms with E-state index < -0.39 is 23.5 Å². The third-order valence-corrected chi connectivity index (χ3v) is 6.43. The highest BCUT2D eigenvalue weighted by Gasteiger charge is 2.55. The Morgan fingerprint density at radius 3 is 2.42 bits per heavy atom. The van der Waals surface area contributed by atoms with Crippen LogP contribution in [0.15, 0.2) is 0 Å². The third-order valence-electron chi connectivity index (χ3n) is 6.43. The number of halogens is 1. The fourth-order valence-electron chi connectivity index (χ4n) is 4.82. The molecule has 0 aromatic rings. The van der Waals surface area contributed by atoms with E-state index in [0.29, 0.717) is 19.5 Å². The van der Waals surface area contributed by atoms with E-state index in [9.17, 15) is 19.5 Å². The number of amides is 3. The first kappa shape index (κ1) is 21.0. The van der Waals surface area contributed by atoms with Gasteiger partial charge in [0.15, 0.2) is 0 Å². The molecule has 7 nitrogen and oxygen atoms in total. The number of hydrogen-bond donors (Lipinski definition) is 3. The lowest BCUT2D eigenvalue weighted by Crippen LogP contribution is -2.51. The van der Waals surface area contributed by atoms with Crippen LogP contribution in [-0.2, 0) is 9.59 Å². The number of carbonyl (C=O) groups excluding carboxylic acids is 2. The van der Waals surface area contributed by atoms with Gasteiger partial charge in [-0.2, -0.15) is 0 Å². The van der Waals surface area contributed by atoms with Gasteiger partial charge in [0.05, 0.1) is 11.5 Å². The molecule has 0 aromatic carbocycles. The van der Waals surface area contributed by atoms with E-state index in [4.69, 9.17) is 0 Å². The predicted molar refractivity (Wildman–Crippen MR) is 99.2 cm³/mol. The number of nitrogens with zero attached hydrogens (tertiary/aromatic N) is 1. The summed E-state index contributed by atoms with van der Waals surface area (Å²) in [6, 6.07) is -0.784. The zero-order chi connectivity index (χ0) is 18.0. The summed E-state index contributed by atoms with van der Waals surface area (Å²) in [6.07, 6.45) is 7.88. The van der Waals surface area contributed by atoms with Gasteiger partial charge in [0, 0.05) is 19.1 Å². The molecule has 26 heavy (non-hydrogen) atoms. The molecule has 1 saturated heterocycles. The lowest BCUT2D eigenvalue weighted by Gasteiger charge is -2.27. The summed E-state index contributed by atoms with van der Waals surface area (Å²) >= 11 is 0. The number of likely N-dealkylation sites (tertiary alicyclic amines) is 1. The Labute approximate surface area is 160 Å². The van der Waals surface area contributed by atoms with Crippen LogP contribution < -0.4 is 10.6 Å². The van der Waals surface area contributed by atoms with E-state index in [1.165, 1.54) is 6.42 Å². The van der Waals surface area contributed by atoms with Gasteiger partial charge in [0.25, 0.3) is 0 Å². The summed E-state index contributed by atoms with van der Waals surface area (Å²) < 4.78 is 0. The maximum atomic E-state index is 12.4. The number of rotatable bonds is 4. The summed E-state index contributed by atoms with van der Waals surface area (Å²) in [5.74, 6) is -0.995. The Morgan fingerprint density at radius 1 is 1.12 bits per heavy atom. The third kappa shape index (κ3) is 4.14. The summed E-state index contributed by atoms with van der Waals surface area (Å²) in [6.45, 7) is 2.76. The highest BCUT2D eigenvalue weighted by Crippen LogP contribution is 2.49. The maximum absolute atomic E-state index is 12.4. The fourth-order valence-corrected chi connectivity index (χ4v) is 4.82. The van der Waals surface area contributed by atoms with Crippen LogP contribution in [0.1, 0.15) is 58.3 Å². The van der Waals surface area contributed by atoms with E-state index in [1.54, 1.807) is 6.92 Å². The number of imide groups is 1. The molecular weight excluding hydrogens is 358 g/mol. The van der Waals surface area contributed by atoms with Crippen LogP contribution in [-0.4, -0.2) is 53.1 Å². The van der Waals surface area contributed by atoms with E-state index in [1.807, 2.05) is 4.90 Å². The molecule has 3 N–H and O–H groups in total. The SMILES string of the molecule is CC(C(=O)NC(=O)NC1CCCCC1)N1C[C@@H]2CCC[C@@]2(C(=O)O)C1.Cl. The van der Waals surface area contributed by atoms with E-state index in [-0.39, 0.29) is 30.3 Å². The molecule has 1 heterocycles. The van der Waals surface area contributed by atoms with Gasteiger partial charge in [-0.05, 0) is 38.5 Å². The molecule has 3 amide bonds. The molecule has 0 spiro atoms. The standard InChI is InChI=1S/C18H29N3O4.ClH/c1-12(15(22)20-17(25)19-14-7-3-2-4-8-14)21-10-13-6-5-9-18(13,11-21)16(23)24;/h12-14H,2-11H2,1H3,(H,23,24)(H2,19,20,22,25);1H/t12?,13-,18+;/m0./s1. The number of carboxylic acid groups (broad SMARTS) is 1.